The van der Waals surface area contributed by atoms with Crippen molar-refractivity contribution in [2.45, 2.75) is 31.8 Å². The average molecular weight is 302 g/mol. The number of thiophene rings is 1. The second-order valence-electron chi connectivity index (χ2n) is 5.60. The van der Waals surface area contributed by atoms with Gasteiger partial charge in [-0.25, -0.2) is 0 Å². The molecule has 21 heavy (non-hydrogen) atoms. The van der Waals surface area contributed by atoms with Crippen molar-refractivity contribution in [3.8, 4) is 5.75 Å². The number of nitrogen functional groups attached to an aromatic ring is 1. The van der Waals surface area contributed by atoms with Gasteiger partial charge in [-0.05, 0) is 65.9 Å². The maximum absolute atomic E-state index is 5.77. The number of nitrogens with two attached hydrogens (primary N) is 1. The molecular weight excluding hydrogens is 280 g/mol. The molecule has 0 saturated heterocycles. The minimum absolute atomic E-state index is 0.761. The first-order valence-electron chi connectivity index (χ1n) is 7.55. The van der Waals surface area contributed by atoms with Crippen LogP contribution in [0.3, 0.4) is 0 Å². The van der Waals surface area contributed by atoms with Crippen LogP contribution in [0.4, 0.5) is 5.69 Å². The molecule has 3 nitrogen and oxygen atoms in total. The van der Waals surface area contributed by atoms with Crippen LogP contribution in [0.15, 0.2) is 41.1 Å². The van der Waals surface area contributed by atoms with E-state index in [0.29, 0.717) is 0 Å². The number of benzene rings is 1. The lowest BCUT2D eigenvalue weighted by Crippen LogP contribution is -2.27. The van der Waals surface area contributed by atoms with Crippen molar-refractivity contribution < 1.29 is 4.74 Å². The highest BCUT2D eigenvalue weighted by Crippen LogP contribution is 2.28. The lowest BCUT2D eigenvalue weighted by atomic mass is 10.3. The summed E-state index contributed by atoms with van der Waals surface area (Å²) in [5.41, 5.74) is 7.88. The Balaban J connectivity index is 1.41. The van der Waals surface area contributed by atoms with E-state index in [1.54, 1.807) is 11.3 Å². The summed E-state index contributed by atoms with van der Waals surface area (Å²) < 4.78 is 5.77. The second-order valence-corrected chi connectivity index (χ2v) is 6.38. The Morgan fingerprint density at radius 2 is 2.00 bits per heavy atom. The summed E-state index contributed by atoms with van der Waals surface area (Å²) in [7, 11) is 0. The predicted molar refractivity (Wildman–Crippen MR) is 88.7 cm³/mol. The lowest BCUT2D eigenvalue weighted by Gasteiger charge is -2.21. The zero-order chi connectivity index (χ0) is 14.5. The van der Waals surface area contributed by atoms with Crippen LogP contribution in [-0.4, -0.2) is 24.1 Å². The number of nitrogens with zero attached hydrogens (tertiary/aromatic N) is 1. The van der Waals surface area contributed by atoms with E-state index < -0.39 is 0 Å². The van der Waals surface area contributed by atoms with E-state index in [2.05, 4.69) is 21.7 Å². The normalized spacial score (nSPS) is 14.5. The summed E-state index contributed by atoms with van der Waals surface area (Å²) in [6.07, 6.45) is 3.76. The van der Waals surface area contributed by atoms with E-state index in [0.717, 1.165) is 43.6 Å². The molecule has 1 aliphatic rings. The molecule has 0 atom stereocenters. The molecule has 0 aliphatic heterocycles. The minimum atomic E-state index is 0.761. The molecule has 112 valence electrons. The number of hydrogen-bond acceptors (Lipinski definition) is 4. The minimum Gasteiger partial charge on any atom is -0.494 e. The van der Waals surface area contributed by atoms with Gasteiger partial charge in [-0.3, -0.25) is 4.90 Å². The molecule has 1 aliphatic carbocycles. The van der Waals surface area contributed by atoms with Crippen molar-refractivity contribution in [2.24, 2.45) is 0 Å². The molecule has 1 heterocycles. The first-order chi connectivity index (χ1) is 10.3. The van der Waals surface area contributed by atoms with Gasteiger partial charge in [-0.15, -0.1) is 0 Å². The zero-order valence-electron chi connectivity index (χ0n) is 12.2. The largest absolute Gasteiger partial charge is 0.494 e. The Morgan fingerprint density at radius 3 is 2.67 bits per heavy atom. The Bertz CT molecular complexity index is 534. The topological polar surface area (TPSA) is 38.5 Å². The molecule has 0 spiro atoms. The molecule has 4 heteroatoms. The molecule has 2 N–H and O–H groups in total. The highest BCUT2D eigenvalue weighted by atomic mass is 32.1. The first-order valence-corrected chi connectivity index (χ1v) is 8.49. The molecule has 0 unspecified atom stereocenters. The van der Waals surface area contributed by atoms with E-state index in [1.807, 2.05) is 24.3 Å². The lowest BCUT2D eigenvalue weighted by molar-refractivity contribution is 0.220. The average Bonchev–Trinajstić information content (AvgIpc) is 3.22. The van der Waals surface area contributed by atoms with Gasteiger partial charge in [0.15, 0.2) is 0 Å². The predicted octanol–water partition coefficient (Wildman–Crippen LogP) is 3.76. The van der Waals surface area contributed by atoms with Crippen molar-refractivity contribution in [3.63, 3.8) is 0 Å². The van der Waals surface area contributed by atoms with E-state index in [4.69, 9.17) is 10.5 Å². The smallest absolute Gasteiger partial charge is 0.119 e. The van der Waals surface area contributed by atoms with E-state index >= 15 is 0 Å². The molecule has 0 amide bonds. The zero-order valence-corrected chi connectivity index (χ0v) is 13.0. The number of rotatable bonds is 8. The van der Waals surface area contributed by atoms with Crippen LogP contribution in [-0.2, 0) is 6.54 Å². The molecule has 2 aromatic rings. The second kappa shape index (κ2) is 6.96. The summed E-state index contributed by atoms with van der Waals surface area (Å²) in [6.45, 7) is 2.95. The molecule has 1 aromatic heterocycles. The Labute approximate surface area is 130 Å². The van der Waals surface area contributed by atoms with E-state index in [1.165, 1.54) is 18.4 Å². The molecule has 1 saturated carbocycles. The highest BCUT2D eigenvalue weighted by Gasteiger charge is 2.28. The van der Waals surface area contributed by atoms with Crippen molar-refractivity contribution in [1.29, 1.82) is 0 Å². The standard InChI is InChI=1S/C17H22N2OS/c18-15-2-6-17(7-3-15)20-10-1-9-19(16-4-5-16)12-14-8-11-21-13-14/h2-3,6-8,11,13,16H,1,4-5,9-10,12,18H2. The Kier molecular flexibility index (Phi) is 4.78. The van der Waals surface area contributed by atoms with E-state index in [-0.39, 0.29) is 0 Å². The number of hydrogen-bond donors (Lipinski definition) is 1. The summed E-state index contributed by atoms with van der Waals surface area (Å²) >= 11 is 1.78. The SMILES string of the molecule is Nc1ccc(OCCCN(Cc2ccsc2)C2CC2)cc1. The third kappa shape index (κ3) is 4.48. The quantitative estimate of drug-likeness (QED) is 0.596. The van der Waals surface area contributed by atoms with Gasteiger partial charge in [0.1, 0.15) is 5.75 Å². The van der Waals surface area contributed by atoms with Crippen LogP contribution in [0.5, 0.6) is 5.75 Å². The third-order valence-electron chi connectivity index (χ3n) is 3.77. The summed E-state index contributed by atoms with van der Waals surface area (Å²) in [6, 6.07) is 10.6. The monoisotopic (exact) mass is 302 g/mol. The van der Waals surface area contributed by atoms with Gasteiger partial charge in [0.05, 0.1) is 6.61 Å². The van der Waals surface area contributed by atoms with Gasteiger partial charge in [-0.1, -0.05) is 0 Å². The van der Waals surface area contributed by atoms with E-state index in [9.17, 15) is 0 Å². The van der Waals surface area contributed by atoms with Gasteiger partial charge in [0, 0.05) is 24.8 Å². The van der Waals surface area contributed by atoms with Gasteiger partial charge in [0.2, 0.25) is 0 Å². The Hall–Kier alpha value is -1.52. The maximum atomic E-state index is 5.77. The summed E-state index contributed by atoms with van der Waals surface area (Å²) in [5.74, 6) is 0.903. The summed E-state index contributed by atoms with van der Waals surface area (Å²) in [4.78, 5) is 2.59. The van der Waals surface area contributed by atoms with Crippen LogP contribution in [0.1, 0.15) is 24.8 Å². The Morgan fingerprint density at radius 1 is 1.19 bits per heavy atom. The van der Waals surface area contributed by atoms with Crippen molar-refractivity contribution in [2.75, 3.05) is 18.9 Å². The highest BCUT2D eigenvalue weighted by molar-refractivity contribution is 7.07. The maximum Gasteiger partial charge on any atom is 0.119 e. The van der Waals surface area contributed by atoms with Crippen LogP contribution in [0.2, 0.25) is 0 Å². The molecule has 1 fully saturated rings. The molecule has 1 aromatic carbocycles. The number of anilines is 1. The molecule has 0 bridgehead atoms. The van der Waals surface area contributed by atoms with Crippen LogP contribution >= 0.6 is 11.3 Å². The van der Waals surface area contributed by atoms with Crippen molar-refractivity contribution in [3.05, 3.63) is 46.7 Å². The van der Waals surface area contributed by atoms with Gasteiger partial charge >= 0.3 is 0 Å². The van der Waals surface area contributed by atoms with Crippen molar-refractivity contribution >= 4 is 17.0 Å². The fraction of sp³-hybridized carbons (Fsp3) is 0.412. The molecular formula is C17H22N2OS. The molecule has 3 rings (SSSR count). The fourth-order valence-corrected chi connectivity index (χ4v) is 3.13. The summed E-state index contributed by atoms with van der Waals surface area (Å²) in [5, 5.41) is 4.41. The van der Waals surface area contributed by atoms with Crippen molar-refractivity contribution in [1.82, 2.24) is 4.90 Å². The van der Waals surface area contributed by atoms with Gasteiger partial charge in [0.25, 0.3) is 0 Å². The number of ether oxygens (including phenoxy) is 1. The molecule has 0 radical (unpaired) electrons. The van der Waals surface area contributed by atoms with Crippen LogP contribution in [0, 0.1) is 0 Å². The van der Waals surface area contributed by atoms with Crippen LogP contribution in [0.25, 0.3) is 0 Å². The van der Waals surface area contributed by atoms with Gasteiger partial charge < -0.3 is 10.5 Å². The fourth-order valence-electron chi connectivity index (χ4n) is 2.47. The van der Waals surface area contributed by atoms with Gasteiger partial charge in [-0.2, -0.15) is 11.3 Å². The first kappa shape index (κ1) is 14.4. The third-order valence-corrected chi connectivity index (χ3v) is 4.50. The van der Waals surface area contributed by atoms with Crippen LogP contribution < -0.4 is 10.5 Å².